The van der Waals surface area contributed by atoms with E-state index >= 15 is 8.78 Å². The van der Waals surface area contributed by atoms with Crippen LogP contribution in [0.1, 0.15) is 70.0 Å². The fourth-order valence-electron chi connectivity index (χ4n) is 7.22. The molecule has 4 aliphatic rings. The number of nitrogens with one attached hydrogen (secondary N) is 1. The summed E-state index contributed by atoms with van der Waals surface area (Å²) in [4.78, 5) is 30.1. The van der Waals surface area contributed by atoms with Crippen molar-refractivity contribution < 1.29 is 13.5 Å². The van der Waals surface area contributed by atoms with Gasteiger partial charge in [0.15, 0.2) is 0 Å². The second-order valence-corrected chi connectivity index (χ2v) is 13.5. The van der Waals surface area contributed by atoms with Gasteiger partial charge in [0.05, 0.1) is 5.39 Å². The van der Waals surface area contributed by atoms with Gasteiger partial charge in [-0.3, -0.25) is 14.3 Å². The van der Waals surface area contributed by atoms with Gasteiger partial charge in [-0.25, -0.2) is 18.7 Å². The molecular weight excluding hydrogens is 588 g/mol. The molecule has 7 rings (SSSR count). The van der Waals surface area contributed by atoms with Gasteiger partial charge in [0, 0.05) is 69.5 Å². The first-order chi connectivity index (χ1) is 22.2. The van der Waals surface area contributed by atoms with Gasteiger partial charge in [-0.1, -0.05) is 18.2 Å². The minimum atomic E-state index is -2.90. The molecule has 0 saturated carbocycles. The largest absolute Gasteiger partial charge is 0.381 e. The molecule has 2 fully saturated rings. The molecule has 6 heterocycles. The standard InChI is InChI=1S/C35H49F2N7O2/c1-25(2)42-16-18-43(19-17-42)31-23-30-32-38-24-39-33(30)44(34(31)45)13-7-21-46-20-5-4-12-41-14-10-28(11-15-41)35(36,37)29-9-6-8-27(22-29)26(3)40-32/h6,8-9,22-26,28H,4-5,7,10-21H2,1-3H3,(H,38,39,40)/t26-/m1/s1. The highest BCUT2D eigenvalue weighted by atomic mass is 19.3. The minimum Gasteiger partial charge on any atom is -0.381 e. The maximum atomic E-state index is 15.9. The third-order valence-corrected chi connectivity index (χ3v) is 10.2. The number of piperidine rings is 1. The Morgan fingerprint density at radius 1 is 0.935 bits per heavy atom. The molecule has 0 spiro atoms. The van der Waals surface area contributed by atoms with Gasteiger partial charge in [-0.2, -0.15) is 0 Å². The van der Waals surface area contributed by atoms with Crippen molar-refractivity contribution in [3.63, 3.8) is 0 Å². The lowest BCUT2D eigenvalue weighted by atomic mass is 9.85. The molecule has 2 saturated heterocycles. The molecule has 2 aromatic heterocycles. The average Bonchev–Trinajstić information content (AvgIpc) is 3.06. The molecular formula is C35H49F2N7O2. The Morgan fingerprint density at radius 2 is 1.70 bits per heavy atom. The summed E-state index contributed by atoms with van der Waals surface area (Å²) in [5.41, 5.74) is 1.98. The molecule has 46 heavy (non-hydrogen) atoms. The van der Waals surface area contributed by atoms with E-state index in [1.165, 1.54) is 6.33 Å². The van der Waals surface area contributed by atoms with E-state index in [4.69, 9.17) is 4.74 Å². The van der Waals surface area contributed by atoms with Crippen LogP contribution in [0.2, 0.25) is 0 Å². The Hall–Kier alpha value is -3.15. The molecule has 0 unspecified atom stereocenters. The molecule has 1 atom stereocenters. The third-order valence-electron chi connectivity index (χ3n) is 10.2. The quantitative estimate of drug-likeness (QED) is 0.395. The number of fused-ring (bicyclic) bond motifs is 10. The summed E-state index contributed by atoms with van der Waals surface area (Å²) in [5, 5.41) is 4.23. The van der Waals surface area contributed by atoms with Crippen molar-refractivity contribution in [2.45, 2.75) is 77.4 Å². The molecule has 9 nitrogen and oxygen atoms in total. The molecule has 4 aliphatic heterocycles. The number of halogens is 2. The van der Waals surface area contributed by atoms with Crippen LogP contribution < -0.4 is 15.8 Å². The molecule has 250 valence electrons. The zero-order chi connectivity index (χ0) is 32.3. The normalized spacial score (nSPS) is 25.3. The topological polar surface area (TPSA) is 78.8 Å². The van der Waals surface area contributed by atoms with Gasteiger partial charge in [0.1, 0.15) is 23.5 Å². The van der Waals surface area contributed by atoms with E-state index in [1.54, 1.807) is 22.8 Å². The Labute approximate surface area is 270 Å². The summed E-state index contributed by atoms with van der Waals surface area (Å²) in [6.07, 6.45) is 5.04. The molecule has 8 bridgehead atoms. The number of hydrogen-bond acceptors (Lipinski definition) is 8. The second-order valence-electron chi connectivity index (χ2n) is 13.5. The van der Waals surface area contributed by atoms with Gasteiger partial charge in [-0.05, 0) is 90.2 Å². The van der Waals surface area contributed by atoms with Gasteiger partial charge < -0.3 is 19.9 Å². The number of pyridine rings is 1. The van der Waals surface area contributed by atoms with Crippen molar-refractivity contribution in [3.05, 3.63) is 58.1 Å². The summed E-state index contributed by atoms with van der Waals surface area (Å²) in [7, 11) is 0. The third kappa shape index (κ3) is 7.06. The zero-order valence-corrected chi connectivity index (χ0v) is 27.6. The number of ether oxygens (including phenoxy) is 1. The Kier molecular flexibility index (Phi) is 10.2. The van der Waals surface area contributed by atoms with E-state index in [0.717, 1.165) is 56.5 Å². The summed E-state index contributed by atoms with van der Waals surface area (Å²) >= 11 is 0. The number of nitrogens with zero attached hydrogens (tertiary/aromatic N) is 6. The van der Waals surface area contributed by atoms with Gasteiger partial charge >= 0.3 is 0 Å². The smallest absolute Gasteiger partial charge is 0.276 e. The summed E-state index contributed by atoms with van der Waals surface area (Å²) < 4.78 is 39.5. The highest BCUT2D eigenvalue weighted by Gasteiger charge is 2.42. The SMILES string of the molecule is CC(C)N1CCN(c2cc3c4ncnc3n(c2=O)CCCOCCCCN2CCC(CC2)C(F)(F)c2cccc(c2)[C@@H](C)N4)CC1. The van der Waals surface area contributed by atoms with E-state index in [-0.39, 0.29) is 17.2 Å². The summed E-state index contributed by atoms with van der Waals surface area (Å²) in [5.74, 6) is -3.00. The fourth-order valence-corrected chi connectivity index (χ4v) is 7.22. The first-order valence-corrected chi connectivity index (χ1v) is 17.1. The monoisotopic (exact) mass is 637 g/mol. The van der Waals surface area contributed by atoms with Crippen LogP contribution in [0.15, 0.2) is 41.5 Å². The first kappa shape index (κ1) is 32.8. The average molecular weight is 638 g/mol. The predicted octanol–water partition coefficient (Wildman–Crippen LogP) is 5.50. The lowest BCUT2D eigenvalue weighted by Crippen LogP contribution is -2.50. The van der Waals surface area contributed by atoms with Crippen LogP contribution in [0, 0.1) is 5.92 Å². The van der Waals surface area contributed by atoms with Crippen LogP contribution in [0.5, 0.6) is 0 Å². The van der Waals surface area contributed by atoms with Gasteiger partial charge in [-0.15, -0.1) is 0 Å². The maximum Gasteiger partial charge on any atom is 0.276 e. The Balaban J connectivity index is 1.35. The van der Waals surface area contributed by atoms with Gasteiger partial charge in [0.25, 0.3) is 11.5 Å². The number of hydrogen-bond donors (Lipinski definition) is 1. The molecule has 11 heteroatoms. The summed E-state index contributed by atoms with van der Waals surface area (Å²) in [6, 6.07) is 8.89. The molecule has 1 aromatic carbocycles. The second kappa shape index (κ2) is 14.3. The highest BCUT2D eigenvalue weighted by molar-refractivity contribution is 5.89. The first-order valence-electron chi connectivity index (χ1n) is 17.1. The zero-order valence-electron chi connectivity index (χ0n) is 27.6. The molecule has 0 aliphatic carbocycles. The Morgan fingerprint density at radius 3 is 2.46 bits per heavy atom. The van der Waals surface area contributed by atoms with E-state index in [2.05, 4.69) is 43.8 Å². The van der Waals surface area contributed by atoms with Crippen LogP contribution in [-0.2, 0) is 17.2 Å². The lowest BCUT2D eigenvalue weighted by molar-refractivity contribution is -0.0856. The van der Waals surface area contributed by atoms with E-state index < -0.39 is 11.8 Å². The van der Waals surface area contributed by atoms with Crippen LogP contribution in [0.4, 0.5) is 20.3 Å². The number of piperazine rings is 1. The molecule has 1 N–H and O–H groups in total. The van der Waals surface area contributed by atoms with Crippen LogP contribution in [0.25, 0.3) is 11.0 Å². The lowest BCUT2D eigenvalue weighted by Gasteiger charge is -2.38. The van der Waals surface area contributed by atoms with E-state index in [0.29, 0.717) is 75.3 Å². The number of aromatic nitrogens is 3. The summed E-state index contributed by atoms with van der Waals surface area (Å²) in [6.45, 7) is 13.6. The molecule has 3 aromatic rings. The van der Waals surface area contributed by atoms with Crippen LogP contribution >= 0.6 is 0 Å². The van der Waals surface area contributed by atoms with E-state index in [1.807, 2.05) is 19.1 Å². The molecule has 0 amide bonds. The van der Waals surface area contributed by atoms with Crippen molar-refractivity contribution >= 4 is 22.5 Å². The predicted molar refractivity (Wildman–Crippen MR) is 179 cm³/mol. The van der Waals surface area contributed by atoms with Crippen LogP contribution in [-0.4, -0.2) is 89.4 Å². The Bertz CT molecular complexity index is 1530. The number of anilines is 2. The molecule has 0 radical (unpaired) electrons. The minimum absolute atomic E-state index is 0.0586. The van der Waals surface area contributed by atoms with Crippen molar-refractivity contribution in [1.29, 1.82) is 0 Å². The van der Waals surface area contributed by atoms with Crippen LogP contribution in [0.3, 0.4) is 0 Å². The van der Waals surface area contributed by atoms with Crippen molar-refractivity contribution in [2.24, 2.45) is 5.92 Å². The number of aryl methyl sites for hydroxylation is 1. The maximum absolute atomic E-state index is 15.9. The van der Waals surface area contributed by atoms with Crippen molar-refractivity contribution in [1.82, 2.24) is 24.3 Å². The number of alkyl halides is 2. The highest BCUT2D eigenvalue weighted by Crippen LogP contribution is 2.42. The number of benzene rings is 1. The van der Waals surface area contributed by atoms with E-state index in [9.17, 15) is 4.79 Å². The van der Waals surface area contributed by atoms with Gasteiger partial charge in [0.2, 0.25) is 0 Å². The van der Waals surface area contributed by atoms with Crippen molar-refractivity contribution in [2.75, 3.05) is 69.2 Å². The fraction of sp³-hybridized carbons (Fsp3) is 0.629. The number of rotatable bonds is 2. The van der Waals surface area contributed by atoms with Crippen molar-refractivity contribution in [3.8, 4) is 0 Å².